The van der Waals surface area contributed by atoms with Crippen LogP contribution in [0.4, 0.5) is 28.4 Å². The summed E-state index contributed by atoms with van der Waals surface area (Å²) in [4.78, 5) is 21.0. The fourth-order valence-corrected chi connectivity index (χ4v) is 9.68. The van der Waals surface area contributed by atoms with Gasteiger partial charge in [0.1, 0.15) is 6.07 Å². The summed E-state index contributed by atoms with van der Waals surface area (Å²) in [5, 5.41) is 9.25. The molecule has 6 heteroatoms. The molecule has 0 aliphatic carbocycles. The smallest absolute Gasteiger partial charge is 0.160 e. The Morgan fingerprint density at radius 3 is 1.92 bits per heavy atom. The van der Waals surface area contributed by atoms with E-state index in [-0.39, 0.29) is 21.8 Å². The van der Waals surface area contributed by atoms with Gasteiger partial charge in [-0.05, 0) is 125 Å². The molecule has 0 amide bonds. The van der Waals surface area contributed by atoms with Crippen molar-refractivity contribution in [1.29, 1.82) is 5.26 Å². The number of carbonyl (C=O) groups excluding carboxylic acids is 1. The topological polar surface area (TPSA) is 50.6 Å². The highest BCUT2D eigenvalue weighted by Crippen LogP contribution is 2.54. The average Bonchev–Trinajstić information content (AvgIpc) is 3.58. The molecule has 0 bridgehead atoms. The summed E-state index contributed by atoms with van der Waals surface area (Å²) in [5.41, 5.74) is 15.0. The number of anilines is 5. The summed E-state index contributed by atoms with van der Waals surface area (Å²) in [6, 6.07) is 24.9. The Bertz CT molecular complexity index is 2130. The van der Waals surface area contributed by atoms with Crippen molar-refractivity contribution in [1.82, 2.24) is 0 Å². The summed E-state index contributed by atoms with van der Waals surface area (Å²) in [6.07, 6.45) is 8.10. The Morgan fingerprint density at radius 2 is 1.33 bits per heavy atom. The molecule has 0 spiro atoms. The lowest BCUT2D eigenvalue weighted by Crippen LogP contribution is -2.44. The van der Waals surface area contributed by atoms with Crippen molar-refractivity contribution in [3.05, 3.63) is 99.4 Å². The highest BCUT2D eigenvalue weighted by molar-refractivity contribution is 7.16. The van der Waals surface area contributed by atoms with Crippen molar-refractivity contribution in [2.75, 3.05) is 40.9 Å². The first-order chi connectivity index (χ1) is 24.3. The lowest BCUT2D eigenvalue weighted by Gasteiger charge is -2.49. The van der Waals surface area contributed by atoms with Gasteiger partial charge in [0.05, 0.1) is 5.57 Å². The molecule has 5 heterocycles. The van der Waals surface area contributed by atoms with E-state index in [1.807, 2.05) is 12.1 Å². The van der Waals surface area contributed by atoms with E-state index < -0.39 is 0 Å². The number of benzene rings is 3. The zero-order valence-electron chi connectivity index (χ0n) is 31.1. The van der Waals surface area contributed by atoms with Gasteiger partial charge in [0.25, 0.3) is 0 Å². The Balaban J connectivity index is 1.33. The summed E-state index contributed by atoms with van der Waals surface area (Å²) in [5.74, 6) is 0. The zero-order chi connectivity index (χ0) is 35.9. The summed E-state index contributed by atoms with van der Waals surface area (Å²) in [6.45, 7) is 21.1. The minimum absolute atomic E-state index is 0.0661. The number of thiophene rings is 1. The maximum absolute atomic E-state index is 11.3. The second kappa shape index (κ2) is 12.0. The van der Waals surface area contributed by atoms with Gasteiger partial charge in [0, 0.05) is 69.9 Å². The maximum Gasteiger partial charge on any atom is 0.160 e. The largest absolute Gasteiger partial charge is 0.371 e. The van der Waals surface area contributed by atoms with Crippen molar-refractivity contribution >= 4 is 57.7 Å². The number of nitrogens with zero attached hydrogens (tertiary/aromatic N) is 4. The summed E-state index contributed by atoms with van der Waals surface area (Å²) < 4.78 is 0. The minimum atomic E-state index is 0.0661. The molecule has 3 aromatic carbocycles. The highest BCUT2D eigenvalue weighted by Gasteiger charge is 2.41. The molecular weight excluding hydrogens is 645 g/mol. The first kappa shape index (κ1) is 33.5. The fourth-order valence-electron chi connectivity index (χ4n) is 8.71. The van der Waals surface area contributed by atoms with E-state index in [0.717, 1.165) is 66.4 Å². The molecular formula is C45H48N4OS. The van der Waals surface area contributed by atoms with E-state index in [1.54, 1.807) is 17.4 Å². The van der Waals surface area contributed by atoms with E-state index in [0.29, 0.717) is 6.29 Å². The van der Waals surface area contributed by atoms with E-state index in [1.165, 1.54) is 50.6 Å². The third-order valence-corrected chi connectivity index (χ3v) is 13.3. The molecule has 0 saturated heterocycles. The lowest BCUT2D eigenvalue weighted by atomic mass is 9.69. The van der Waals surface area contributed by atoms with Crippen LogP contribution in [-0.2, 0) is 21.0 Å². The van der Waals surface area contributed by atoms with Gasteiger partial charge in [-0.15, -0.1) is 11.3 Å². The van der Waals surface area contributed by atoms with Gasteiger partial charge in [-0.2, -0.15) is 5.26 Å². The molecule has 0 fully saturated rings. The number of hydrogen-bond donors (Lipinski definition) is 0. The molecule has 4 aromatic rings. The molecule has 5 nitrogen and oxygen atoms in total. The fraction of sp³-hybridized carbons (Fsp3) is 0.378. The molecule has 1 aromatic heterocycles. The second-order valence-electron chi connectivity index (χ2n) is 16.9. The SMILES string of the molecule is CC1=CCN2CCC(C)(C)c3cc(N(c4ccc(-c5ccc(/C=C(\C#N)C=O)s5)cc4)c4cc5c6c(c4)C(C)(C)CCN6CCC5(C)C)cc1c32. The van der Waals surface area contributed by atoms with Crippen LogP contribution in [0.15, 0.2) is 72.3 Å². The molecule has 8 rings (SSSR count). The summed E-state index contributed by atoms with van der Waals surface area (Å²) in [7, 11) is 0. The first-order valence-electron chi connectivity index (χ1n) is 18.4. The van der Waals surface area contributed by atoms with Gasteiger partial charge < -0.3 is 14.7 Å². The van der Waals surface area contributed by atoms with Crippen LogP contribution < -0.4 is 14.7 Å². The summed E-state index contributed by atoms with van der Waals surface area (Å²) >= 11 is 1.59. The van der Waals surface area contributed by atoms with E-state index in [4.69, 9.17) is 0 Å². The number of hydrogen-bond acceptors (Lipinski definition) is 6. The molecule has 260 valence electrons. The third kappa shape index (κ3) is 5.62. The van der Waals surface area contributed by atoms with Crippen LogP contribution in [0.2, 0.25) is 0 Å². The molecule has 0 N–H and O–H groups in total. The van der Waals surface area contributed by atoms with E-state index in [9.17, 15) is 10.1 Å². The monoisotopic (exact) mass is 692 g/mol. The average molecular weight is 693 g/mol. The third-order valence-electron chi connectivity index (χ3n) is 12.2. The van der Waals surface area contributed by atoms with Crippen molar-refractivity contribution in [2.45, 2.75) is 84.0 Å². The molecule has 51 heavy (non-hydrogen) atoms. The van der Waals surface area contributed by atoms with Gasteiger partial charge in [-0.1, -0.05) is 59.8 Å². The van der Waals surface area contributed by atoms with Gasteiger partial charge in [-0.3, -0.25) is 4.79 Å². The van der Waals surface area contributed by atoms with Crippen molar-refractivity contribution in [3.63, 3.8) is 0 Å². The zero-order valence-corrected chi connectivity index (χ0v) is 31.9. The Labute approximate surface area is 307 Å². The van der Waals surface area contributed by atoms with Gasteiger partial charge in [0.15, 0.2) is 6.29 Å². The first-order valence-corrected chi connectivity index (χ1v) is 19.2. The van der Waals surface area contributed by atoms with Crippen LogP contribution in [-0.4, -0.2) is 32.5 Å². The predicted molar refractivity (Wildman–Crippen MR) is 215 cm³/mol. The van der Waals surface area contributed by atoms with Crippen LogP contribution in [0.25, 0.3) is 22.1 Å². The van der Waals surface area contributed by atoms with E-state index in [2.05, 4.69) is 124 Å². The van der Waals surface area contributed by atoms with Crippen LogP contribution in [0.3, 0.4) is 0 Å². The van der Waals surface area contributed by atoms with E-state index >= 15 is 0 Å². The molecule has 4 aliphatic heterocycles. The minimum Gasteiger partial charge on any atom is -0.371 e. The molecule has 4 aliphatic rings. The van der Waals surface area contributed by atoms with Gasteiger partial charge in [0.2, 0.25) is 0 Å². The van der Waals surface area contributed by atoms with Gasteiger partial charge >= 0.3 is 0 Å². The second-order valence-corrected chi connectivity index (χ2v) is 18.0. The van der Waals surface area contributed by atoms with Crippen molar-refractivity contribution in [2.24, 2.45) is 0 Å². The number of allylic oxidation sites excluding steroid dienone is 2. The molecule has 0 saturated carbocycles. The Hall–Kier alpha value is -4.60. The maximum atomic E-state index is 11.3. The number of aldehydes is 1. The standard InChI is InChI=1S/C45H48N4OS/c1-29-14-18-47-19-15-43(2,3)37-24-33(23-36(29)41(37)47)49(32-10-8-31(9-11-32)40-13-12-35(51-40)22-30(27-46)28-50)34-25-38-42-39(26-34)45(6,7)17-21-48(42)20-16-44(38,4)5/h8-14,22-26,28H,15-21H2,1-7H3/b30-22+. The van der Waals surface area contributed by atoms with Crippen LogP contribution >= 0.6 is 11.3 Å². The van der Waals surface area contributed by atoms with Crippen LogP contribution in [0.5, 0.6) is 0 Å². The van der Waals surface area contributed by atoms with Crippen molar-refractivity contribution < 1.29 is 4.79 Å². The van der Waals surface area contributed by atoms with Gasteiger partial charge in [-0.25, -0.2) is 0 Å². The quantitative estimate of drug-likeness (QED) is 0.114. The lowest BCUT2D eigenvalue weighted by molar-refractivity contribution is -0.104. The van der Waals surface area contributed by atoms with Crippen molar-refractivity contribution in [3.8, 4) is 16.5 Å². The van der Waals surface area contributed by atoms with Crippen LogP contribution in [0, 0.1) is 11.3 Å². The number of nitriles is 1. The Kier molecular flexibility index (Phi) is 7.88. The molecule has 0 unspecified atom stereocenters. The Morgan fingerprint density at radius 1 is 0.765 bits per heavy atom. The number of rotatable bonds is 6. The normalized spacial score (nSPS) is 19.4. The molecule has 0 atom stereocenters. The van der Waals surface area contributed by atoms with Crippen LogP contribution in [0.1, 0.15) is 94.9 Å². The predicted octanol–water partition coefficient (Wildman–Crippen LogP) is 11.1. The molecule has 0 radical (unpaired) electrons. The number of carbonyl (C=O) groups is 1. The highest BCUT2D eigenvalue weighted by atomic mass is 32.1.